The Labute approximate surface area is 143 Å². The summed E-state index contributed by atoms with van der Waals surface area (Å²) >= 11 is 0. The number of rotatable bonds is 5. The van der Waals surface area contributed by atoms with Crippen LogP contribution in [0.25, 0.3) is 0 Å². The Bertz CT molecular complexity index is 723. The van der Waals surface area contributed by atoms with Crippen molar-refractivity contribution in [1.29, 1.82) is 0 Å². The van der Waals surface area contributed by atoms with Crippen molar-refractivity contribution < 1.29 is 9.53 Å². The molecule has 1 amide bonds. The molecule has 0 radical (unpaired) electrons. The Kier molecular flexibility index (Phi) is 4.88. The van der Waals surface area contributed by atoms with E-state index in [1.54, 1.807) is 0 Å². The van der Waals surface area contributed by atoms with Gasteiger partial charge in [0.1, 0.15) is 12.4 Å². The zero-order valence-corrected chi connectivity index (χ0v) is 14.7. The van der Waals surface area contributed by atoms with Crippen molar-refractivity contribution in [2.45, 2.75) is 33.2 Å². The second kappa shape index (κ2) is 7.07. The fourth-order valence-electron chi connectivity index (χ4n) is 3.27. The summed E-state index contributed by atoms with van der Waals surface area (Å²) < 4.78 is 7.75. The van der Waals surface area contributed by atoms with E-state index < -0.39 is 0 Å². The lowest BCUT2D eigenvalue weighted by molar-refractivity contribution is -0.135. The summed E-state index contributed by atoms with van der Waals surface area (Å²) in [5, 5.41) is 4.46. The van der Waals surface area contributed by atoms with Gasteiger partial charge in [-0.05, 0) is 44.4 Å². The number of para-hydroxylation sites is 1. The summed E-state index contributed by atoms with van der Waals surface area (Å²) in [6, 6.07) is 10.0. The predicted molar refractivity (Wildman–Crippen MR) is 93.1 cm³/mol. The third-order valence-electron chi connectivity index (χ3n) is 4.57. The van der Waals surface area contributed by atoms with Crippen LogP contribution in [0.2, 0.25) is 0 Å². The number of benzene rings is 1. The van der Waals surface area contributed by atoms with Gasteiger partial charge in [-0.15, -0.1) is 0 Å². The first kappa shape index (κ1) is 16.6. The van der Waals surface area contributed by atoms with Crippen molar-refractivity contribution in [3.05, 3.63) is 47.3 Å². The molecule has 1 atom stereocenters. The molecule has 2 aromatic rings. The van der Waals surface area contributed by atoms with Crippen LogP contribution >= 0.6 is 0 Å². The van der Waals surface area contributed by atoms with Crippen LogP contribution in [-0.2, 0) is 17.8 Å². The number of aromatic nitrogens is 2. The van der Waals surface area contributed by atoms with Crippen LogP contribution in [0, 0.1) is 19.8 Å². The fraction of sp³-hybridized carbons (Fsp3) is 0.474. The summed E-state index contributed by atoms with van der Waals surface area (Å²) in [6.07, 6.45) is 1.66. The zero-order valence-electron chi connectivity index (χ0n) is 14.7. The minimum atomic E-state index is -0.0846. The Morgan fingerprint density at radius 1 is 1.38 bits per heavy atom. The molecule has 0 N–H and O–H groups in total. The second-order valence-electron chi connectivity index (χ2n) is 6.58. The number of amides is 1. The minimum Gasteiger partial charge on any atom is -0.492 e. The summed E-state index contributed by atoms with van der Waals surface area (Å²) in [5.74, 6) is 0.991. The maximum atomic E-state index is 12.6. The highest BCUT2D eigenvalue weighted by molar-refractivity contribution is 5.79. The number of carbonyl (C=O) groups is 1. The van der Waals surface area contributed by atoms with Crippen LogP contribution in [0.3, 0.4) is 0 Å². The van der Waals surface area contributed by atoms with Gasteiger partial charge in [0.15, 0.2) is 0 Å². The molecule has 2 heterocycles. The van der Waals surface area contributed by atoms with Crippen LogP contribution in [0.5, 0.6) is 5.75 Å². The molecule has 1 aromatic carbocycles. The molecule has 0 saturated heterocycles. The van der Waals surface area contributed by atoms with Crippen LogP contribution in [0.4, 0.5) is 0 Å². The largest absolute Gasteiger partial charge is 0.492 e. The highest BCUT2D eigenvalue weighted by Gasteiger charge is 2.27. The molecule has 24 heavy (non-hydrogen) atoms. The first-order valence-electron chi connectivity index (χ1n) is 8.51. The van der Waals surface area contributed by atoms with Gasteiger partial charge in [-0.1, -0.05) is 18.2 Å². The van der Waals surface area contributed by atoms with Crippen LogP contribution in [0.1, 0.15) is 23.4 Å². The van der Waals surface area contributed by atoms with E-state index in [-0.39, 0.29) is 11.8 Å². The van der Waals surface area contributed by atoms with Gasteiger partial charge >= 0.3 is 0 Å². The lowest BCUT2D eigenvalue weighted by Gasteiger charge is -2.28. The summed E-state index contributed by atoms with van der Waals surface area (Å²) in [6.45, 7) is 6.10. The number of ether oxygens (including phenoxy) is 1. The standard InChI is InChI=1S/C19H25N3O2/c1-14-11-15(2)22(20-14)10-6-9-21(3)19(23)17-12-16-7-4-5-8-18(16)24-13-17/h4-5,7-8,11,17H,6,9-10,12-13H2,1-3H3/t17-/m0/s1. The van der Waals surface area contributed by atoms with Gasteiger partial charge in [0.2, 0.25) is 5.91 Å². The summed E-state index contributed by atoms with van der Waals surface area (Å²) in [5.41, 5.74) is 3.33. The van der Waals surface area contributed by atoms with Crippen molar-refractivity contribution in [3.63, 3.8) is 0 Å². The Morgan fingerprint density at radius 2 is 2.17 bits per heavy atom. The molecule has 0 bridgehead atoms. The highest BCUT2D eigenvalue weighted by atomic mass is 16.5. The quantitative estimate of drug-likeness (QED) is 0.848. The molecule has 3 rings (SSSR count). The molecule has 5 nitrogen and oxygen atoms in total. The van der Waals surface area contributed by atoms with Gasteiger partial charge in [0, 0.05) is 25.8 Å². The van der Waals surface area contributed by atoms with E-state index >= 15 is 0 Å². The average Bonchev–Trinajstić information content (AvgIpc) is 2.91. The van der Waals surface area contributed by atoms with Crippen molar-refractivity contribution in [2.24, 2.45) is 5.92 Å². The first-order valence-corrected chi connectivity index (χ1v) is 8.51. The molecule has 0 saturated carbocycles. The van der Waals surface area contributed by atoms with Gasteiger partial charge < -0.3 is 9.64 Å². The molecule has 0 spiro atoms. The molecule has 0 aliphatic carbocycles. The van der Waals surface area contributed by atoms with Crippen molar-refractivity contribution in [3.8, 4) is 5.75 Å². The fourth-order valence-corrected chi connectivity index (χ4v) is 3.27. The summed E-state index contributed by atoms with van der Waals surface area (Å²) in [7, 11) is 1.88. The molecule has 1 aliphatic heterocycles. The zero-order chi connectivity index (χ0) is 17.1. The van der Waals surface area contributed by atoms with E-state index in [2.05, 4.69) is 18.1 Å². The maximum absolute atomic E-state index is 12.6. The van der Waals surface area contributed by atoms with E-state index in [0.29, 0.717) is 6.61 Å². The third kappa shape index (κ3) is 3.61. The van der Waals surface area contributed by atoms with Gasteiger partial charge in [-0.2, -0.15) is 5.10 Å². The first-order chi connectivity index (χ1) is 11.5. The number of hydrogen-bond acceptors (Lipinski definition) is 3. The molecule has 0 unspecified atom stereocenters. The normalized spacial score (nSPS) is 16.4. The highest BCUT2D eigenvalue weighted by Crippen LogP contribution is 2.27. The van der Waals surface area contributed by atoms with E-state index in [9.17, 15) is 4.79 Å². The number of fused-ring (bicyclic) bond motifs is 1. The van der Waals surface area contributed by atoms with Crippen molar-refractivity contribution in [2.75, 3.05) is 20.2 Å². The van der Waals surface area contributed by atoms with Gasteiger partial charge in [-0.3, -0.25) is 9.48 Å². The Balaban J connectivity index is 1.51. The minimum absolute atomic E-state index is 0.0846. The van der Waals surface area contributed by atoms with Crippen LogP contribution < -0.4 is 4.74 Å². The lowest BCUT2D eigenvalue weighted by Crippen LogP contribution is -2.39. The molecular formula is C19H25N3O2. The van der Waals surface area contributed by atoms with E-state index in [4.69, 9.17) is 4.74 Å². The molecular weight excluding hydrogens is 302 g/mol. The van der Waals surface area contributed by atoms with Crippen molar-refractivity contribution in [1.82, 2.24) is 14.7 Å². The lowest BCUT2D eigenvalue weighted by atomic mass is 9.95. The third-order valence-corrected chi connectivity index (χ3v) is 4.57. The van der Waals surface area contributed by atoms with Crippen LogP contribution in [-0.4, -0.2) is 40.8 Å². The Hall–Kier alpha value is -2.30. The van der Waals surface area contributed by atoms with E-state index in [1.807, 2.05) is 47.8 Å². The average molecular weight is 327 g/mol. The number of carbonyl (C=O) groups excluding carboxylic acids is 1. The topological polar surface area (TPSA) is 47.4 Å². The molecule has 1 aliphatic rings. The second-order valence-corrected chi connectivity index (χ2v) is 6.58. The molecule has 5 heteroatoms. The SMILES string of the molecule is Cc1cc(C)n(CCCN(C)C(=O)[C@@H]2COc3ccccc3C2)n1. The Morgan fingerprint density at radius 3 is 2.92 bits per heavy atom. The molecule has 0 fully saturated rings. The number of hydrogen-bond donors (Lipinski definition) is 0. The van der Waals surface area contributed by atoms with Gasteiger partial charge in [-0.25, -0.2) is 0 Å². The molecule has 128 valence electrons. The summed E-state index contributed by atoms with van der Waals surface area (Å²) in [4.78, 5) is 14.5. The van der Waals surface area contributed by atoms with E-state index in [1.165, 1.54) is 5.69 Å². The smallest absolute Gasteiger partial charge is 0.229 e. The van der Waals surface area contributed by atoms with Gasteiger partial charge in [0.25, 0.3) is 0 Å². The van der Waals surface area contributed by atoms with Crippen LogP contribution in [0.15, 0.2) is 30.3 Å². The van der Waals surface area contributed by atoms with Gasteiger partial charge in [0.05, 0.1) is 11.6 Å². The monoisotopic (exact) mass is 327 g/mol. The maximum Gasteiger partial charge on any atom is 0.229 e. The van der Waals surface area contributed by atoms with Crippen molar-refractivity contribution >= 4 is 5.91 Å². The molecule has 1 aromatic heterocycles. The predicted octanol–water partition coefficient (Wildman–Crippen LogP) is 2.60. The number of aryl methyl sites for hydroxylation is 3. The number of nitrogens with zero attached hydrogens (tertiary/aromatic N) is 3. The van der Waals surface area contributed by atoms with E-state index in [0.717, 1.165) is 42.9 Å².